The molecule has 1 atom stereocenters. The van der Waals surface area contributed by atoms with Crippen molar-refractivity contribution in [2.75, 3.05) is 6.54 Å². The van der Waals surface area contributed by atoms with Gasteiger partial charge in [-0.3, -0.25) is 10.1 Å². The van der Waals surface area contributed by atoms with Crippen molar-refractivity contribution >= 4 is 17.2 Å². The Labute approximate surface area is 145 Å². The Morgan fingerprint density at radius 1 is 1.25 bits per heavy atom. The van der Waals surface area contributed by atoms with Crippen LogP contribution in [0.15, 0.2) is 24.7 Å². The third-order valence-electron chi connectivity index (χ3n) is 4.99. The van der Waals surface area contributed by atoms with Gasteiger partial charge in [-0.05, 0) is 25.8 Å². The predicted octanol–water partition coefficient (Wildman–Crippen LogP) is 2.75. The monoisotopic (exact) mass is 343 g/mol. The van der Waals surface area contributed by atoms with Gasteiger partial charge < -0.3 is 4.90 Å². The summed E-state index contributed by atoms with van der Waals surface area (Å²) in [5.41, 5.74) is -0.369. The van der Waals surface area contributed by atoms with E-state index >= 15 is 0 Å². The molecule has 1 N–H and O–H groups in total. The van der Waals surface area contributed by atoms with Gasteiger partial charge in [0, 0.05) is 25.1 Å². The molecule has 126 valence electrons. The zero-order chi connectivity index (χ0) is 16.6. The fraction of sp³-hybridized carbons (Fsp3) is 0.529. The Balaban J connectivity index is 1.64. The van der Waals surface area contributed by atoms with Crippen molar-refractivity contribution in [2.24, 2.45) is 0 Å². The summed E-state index contributed by atoms with van der Waals surface area (Å²) in [4.78, 5) is 29.0. The van der Waals surface area contributed by atoms with Gasteiger partial charge in [-0.25, -0.2) is 15.0 Å². The SMILES string of the molecule is CCN1C(=O)C2(CCCCC2)NC1c1cnc(-c2ncccn2)s1. The molecule has 0 radical (unpaired) electrons. The summed E-state index contributed by atoms with van der Waals surface area (Å²) in [6.07, 6.45) is 10.5. The minimum absolute atomic E-state index is 0.0874. The molecule has 1 saturated carbocycles. The van der Waals surface area contributed by atoms with Crippen LogP contribution < -0.4 is 5.32 Å². The minimum atomic E-state index is -0.369. The molecular formula is C17H21N5OS. The van der Waals surface area contributed by atoms with E-state index in [1.807, 2.05) is 18.0 Å². The van der Waals surface area contributed by atoms with Crippen LogP contribution in [0.3, 0.4) is 0 Å². The molecule has 1 aliphatic heterocycles. The largest absolute Gasteiger partial charge is 0.321 e. The van der Waals surface area contributed by atoms with Crippen LogP contribution in [0.25, 0.3) is 10.8 Å². The number of hydrogen-bond donors (Lipinski definition) is 1. The molecular weight excluding hydrogens is 322 g/mol. The maximum Gasteiger partial charge on any atom is 0.244 e. The summed E-state index contributed by atoms with van der Waals surface area (Å²) in [5.74, 6) is 0.883. The Bertz CT molecular complexity index is 726. The summed E-state index contributed by atoms with van der Waals surface area (Å²) in [6, 6.07) is 1.79. The van der Waals surface area contributed by atoms with E-state index in [0.29, 0.717) is 12.4 Å². The molecule has 4 rings (SSSR count). The van der Waals surface area contributed by atoms with E-state index in [-0.39, 0.29) is 17.6 Å². The van der Waals surface area contributed by atoms with Gasteiger partial charge in [-0.15, -0.1) is 11.3 Å². The molecule has 24 heavy (non-hydrogen) atoms. The molecule has 2 aliphatic rings. The van der Waals surface area contributed by atoms with Gasteiger partial charge in [0.25, 0.3) is 0 Å². The third-order valence-corrected chi connectivity index (χ3v) is 6.04. The van der Waals surface area contributed by atoms with Crippen LogP contribution in [0.2, 0.25) is 0 Å². The quantitative estimate of drug-likeness (QED) is 0.928. The van der Waals surface area contributed by atoms with Gasteiger partial charge >= 0.3 is 0 Å². The maximum absolute atomic E-state index is 13.0. The highest BCUT2D eigenvalue weighted by Crippen LogP contribution is 2.41. The fourth-order valence-electron chi connectivity index (χ4n) is 3.78. The molecule has 2 aromatic heterocycles. The lowest BCUT2D eigenvalue weighted by Gasteiger charge is -2.31. The standard InChI is InChI=1S/C17H21N5OS/c1-2-22-14(21-17(16(22)23)7-4-3-5-8-17)12-11-20-15(24-12)13-18-9-6-10-19-13/h6,9-11,14,21H,2-5,7-8H2,1H3. The number of nitrogens with zero attached hydrogens (tertiary/aromatic N) is 4. The number of hydrogen-bond acceptors (Lipinski definition) is 6. The average Bonchev–Trinajstić information content (AvgIpc) is 3.21. The minimum Gasteiger partial charge on any atom is -0.321 e. The second-order valence-electron chi connectivity index (χ2n) is 6.42. The van der Waals surface area contributed by atoms with Crippen LogP contribution in [-0.2, 0) is 4.79 Å². The highest BCUT2D eigenvalue weighted by atomic mass is 32.1. The van der Waals surface area contributed by atoms with E-state index in [1.165, 1.54) is 6.42 Å². The van der Waals surface area contributed by atoms with Crippen LogP contribution >= 0.6 is 11.3 Å². The summed E-state index contributed by atoms with van der Waals surface area (Å²) in [5, 5.41) is 4.44. The third kappa shape index (κ3) is 2.52. The molecule has 1 amide bonds. The molecule has 0 aromatic carbocycles. The molecule has 1 spiro atoms. The van der Waals surface area contributed by atoms with Crippen LogP contribution in [0.5, 0.6) is 0 Å². The topological polar surface area (TPSA) is 71.0 Å². The Morgan fingerprint density at radius 2 is 2.00 bits per heavy atom. The zero-order valence-electron chi connectivity index (χ0n) is 13.7. The van der Waals surface area contributed by atoms with Crippen molar-refractivity contribution in [1.82, 2.24) is 25.2 Å². The van der Waals surface area contributed by atoms with Crippen LogP contribution in [0.4, 0.5) is 0 Å². The molecule has 7 heteroatoms. The normalized spacial score (nSPS) is 23.1. The lowest BCUT2D eigenvalue weighted by atomic mass is 9.82. The number of rotatable bonds is 3. The van der Waals surface area contributed by atoms with Crippen molar-refractivity contribution in [1.29, 1.82) is 0 Å². The lowest BCUT2D eigenvalue weighted by Crippen LogP contribution is -2.48. The van der Waals surface area contributed by atoms with Gasteiger partial charge in [-0.2, -0.15) is 0 Å². The van der Waals surface area contributed by atoms with Gasteiger partial charge in [-0.1, -0.05) is 19.3 Å². The molecule has 1 aliphatic carbocycles. The first-order valence-corrected chi connectivity index (χ1v) is 9.37. The zero-order valence-corrected chi connectivity index (χ0v) is 14.6. The van der Waals surface area contributed by atoms with Crippen molar-refractivity contribution in [3.8, 4) is 10.8 Å². The molecule has 6 nitrogen and oxygen atoms in total. The molecule has 0 bridgehead atoms. The first-order chi connectivity index (χ1) is 11.7. The molecule has 2 fully saturated rings. The van der Waals surface area contributed by atoms with Crippen LogP contribution in [0.1, 0.15) is 50.1 Å². The molecule has 3 heterocycles. The summed E-state index contributed by atoms with van der Waals surface area (Å²) < 4.78 is 0. The number of carbonyl (C=O) groups excluding carboxylic acids is 1. The lowest BCUT2D eigenvalue weighted by molar-refractivity contribution is -0.134. The van der Waals surface area contributed by atoms with Crippen molar-refractivity contribution in [3.05, 3.63) is 29.5 Å². The first kappa shape index (κ1) is 15.7. The Morgan fingerprint density at radius 3 is 2.71 bits per heavy atom. The molecule has 1 saturated heterocycles. The van der Waals surface area contributed by atoms with Gasteiger partial charge in [0.1, 0.15) is 6.17 Å². The number of likely N-dealkylation sites (N-methyl/N-ethyl adjacent to an activating group) is 1. The molecule has 2 aromatic rings. The average molecular weight is 343 g/mol. The maximum atomic E-state index is 13.0. The van der Waals surface area contributed by atoms with E-state index in [1.54, 1.807) is 29.8 Å². The Kier molecular flexibility index (Phi) is 4.05. The smallest absolute Gasteiger partial charge is 0.244 e. The number of nitrogens with one attached hydrogen (secondary N) is 1. The van der Waals surface area contributed by atoms with E-state index in [2.05, 4.69) is 20.3 Å². The summed E-state index contributed by atoms with van der Waals surface area (Å²) in [6.45, 7) is 2.74. The number of carbonyl (C=O) groups is 1. The van der Waals surface area contributed by atoms with Gasteiger partial charge in [0.05, 0.1) is 10.4 Å². The highest BCUT2D eigenvalue weighted by molar-refractivity contribution is 7.15. The van der Waals surface area contributed by atoms with Gasteiger partial charge in [0.2, 0.25) is 5.91 Å². The van der Waals surface area contributed by atoms with E-state index in [4.69, 9.17) is 0 Å². The Hall–Kier alpha value is -1.86. The van der Waals surface area contributed by atoms with Crippen LogP contribution in [-0.4, -0.2) is 37.8 Å². The first-order valence-electron chi connectivity index (χ1n) is 8.55. The van der Waals surface area contributed by atoms with Crippen molar-refractivity contribution < 1.29 is 4.79 Å². The number of amides is 1. The summed E-state index contributed by atoms with van der Waals surface area (Å²) in [7, 11) is 0. The van der Waals surface area contributed by atoms with E-state index < -0.39 is 0 Å². The van der Waals surface area contributed by atoms with E-state index in [0.717, 1.165) is 35.6 Å². The van der Waals surface area contributed by atoms with Crippen molar-refractivity contribution in [3.63, 3.8) is 0 Å². The van der Waals surface area contributed by atoms with Gasteiger partial charge in [0.15, 0.2) is 10.8 Å². The summed E-state index contributed by atoms with van der Waals surface area (Å²) >= 11 is 1.56. The van der Waals surface area contributed by atoms with Crippen molar-refractivity contribution in [2.45, 2.75) is 50.7 Å². The number of aromatic nitrogens is 3. The number of thiazole rings is 1. The van der Waals surface area contributed by atoms with Crippen LogP contribution in [0, 0.1) is 0 Å². The predicted molar refractivity (Wildman–Crippen MR) is 92.2 cm³/mol. The van der Waals surface area contributed by atoms with E-state index in [9.17, 15) is 4.79 Å². The second kappa shape index (κ2) is 6.22. The molecule has 1 unspecified atom stereocenters. The fourth-order valence-corrected chi connectivity index (χ4v) is 4.71. The second-order valence-corrected chi connectivity index (χ2v) is 7.48. The highest BCUT2D eigenvalue weighted by Gasteiger charge is 2.51.